The molecule has 1 N–H and O–H groups in total. The maximum Gasteiger partial charge on any atom is 0.230 e. The summed E-state index contributed by atoms with van der Waals surface area (Å²) in [6.07, 6.45) is 0. The topological polar surface area (TPSA) is 68.5 Å². The highest BCUT2D eigenvalue weighted by Crippen LogP contribution is 2.34. The summed E-state index contributed by atoms with van der Waals surface area (Å²) >= 11 is 6.18. The van der Waals surface area contributed by atoms with Crippen molar-refractivity contribution in [3.8, 4) is 5.75 Å². The Balaban J connectivity index is 1.67. The number of Topliss-reactive ketones (excluding diaryl/α,β-unsaturated/α-hetero) is 1. The Labute approximate surface area is 188 Å². The highest BCUT2D eigenvalue weighted by atomic mass is 35.5. The number of benzene rings is 3. The molecule has 3 aromatic carbocycles. The fourth-order valence-electron chi connectivity index (χ4n) is 3.36. The number of ether oxygens (including phenoxy) is 1. The van der Waals surface area contributed by atoms with Crippen molar-refractivity contribution in [2.24, 2.45) is 0 Å². The van der Waals surface area contributed by atoms with E-state index >= 15 is 0 Å². The number of carbonyl (C=O) groups excluding carboxylic acids is 2. The van der Waals surface area contributed by atoms with Crippen molar-refractivity contribution >= 4 is 39.8 Å². The molecule has 4 aromatic rings. The maximum absolute atomic E-state index is 13.9. The highest BCUT2D eigenvalue weighted by Gasteiger charge is 2.23. The van der Waals surface area contributed by atoms with Crippen molar-refractivity contribution in [3.63, 3.8) is 0 Å². The maximum atomic E-state index is 13.9. The minimum atomic E-state index is -0.447. The summed E-state index contributed by atoms with van der Waals surface area (Å²) in [6.45, 7) is 1.48. The molecule has 7 heteroatoms. The van der Waals surface area contributed by atoms with Gasteiger partial charge in [0.2, 0.25) is 5.78 Å². The Morgan fingerprint density at radius 2 is 1.81 bits per heavy atom. The van der Waals surface area contributed by atoms with Crippen molar-refractivity contribution in [2.45, 2.75) is 6.92 Å². The minimum absolute atomic E-state index is 0.0512. The summed E-state index contributed by atoms with van der Waals surface area (Å²) in [5.41, 5.74) is 1.89. The predicted octanol–water partition coefficient (Wildman–Crippen LogP) is 6.07. The summed E-state index contributed by atoms with van der Waals surface area (Å²) in [7, 11) is 1.49. The lowest BCUT2D eigenvalue weighted by molar-refractivity contribution is 0.0997. The summed E-state index contributed by atoms with van der Waals surface area (Å²) in [5, 5.41) is 3.96. The van der Waals surface area contributed by atoms with Crippen LogP contribution in [0.1, 0.15) is 32.0 Å². The van der Waals surface area contributed by atoms with E-state index in [2.05, 4.69) is 5.32 Å². The Bertz CT molecular complexity index is 1350. The number of furan rings is 1. The van der Waals surface area contributed by atoms with Crippen molar-refractivity contribution in [2.75, 3.05) is 19.0 Å². The molecule has 0 aliphatic carbocycles. The number of rotatable bonds is 7. The first kappa shape index (κ1) is 21.6. The molecule has 0 unspecified atom stereocenters. The van der Waals surface area contributed by atoms with Gasteiger partial charge in [0, 0.05) is 16.5 Å². The molecule has 5 nitrogen and oxygen atoms in total. The SMILES string of the molecule is COc1ccc(C(=O)c2oc3ccccc3c2NCC(=O)c2ccc(C)c(F)c2)cc1Cl. The number of ketones is 2. The molecule has 0 radical (unpaired) electrons. The fraction of sp³-hybridized carbons (Fsp3) is 0.120. The van der Waals surface area contributed by atoms with Crippen LogP contribution in [0.15, 0.2) is 65.1 Å². The Morgan fingerprint density at radius 3 is 2.53 bits per heavy atom. The summed E-state index contributed by atoms with van der Waals surface area (Å²) < 4.78 is 24.8. The average molecular weight is 452 g/mol. The standard InChI is InChI=1S/C25H19ClFNO4/c1-14-7-8-15(12-19(14)27)20(29)13-28-23-17-5-3-4-6-21(17)32-25(23)24(30)16-9-10-22(31-2)18(26)11-16/h3-12,28H,13H2,1-2H3. The molecule has 0 fully saturated rings. The van der Waals surface area contributed by atoms with E-state index < -0.39 is 11.6 Å². The monoisotopic (exact) mass is 451 g/mol. The number of para-hydroxylation sites is 1. The van der Waals surface area contributed by atoms with Gasteiger partial charge in [0.15, 0.2) is 11.5 Å². The van der Waals surface area contributed by atoms with Gasteiger partial charge >= 0.3 is 0 Å². The van der Waals surface area contributed by atoms with Crippen molar-refractivity contribution in [1.82, 2.24) is 0 Å². The summed E-state index contributed by atoms with van der Waals surface area (Å²) in [6, 6.07) is 16.1. The van der Waals surface area contributed by atoms with Gasteiger partial charge in [-0.1, -0.05) is 35.9 Å². The summed E-state index contributed by atoms with van der Waals surface area (Å²) in [5.74, 6) is -0.670. The van der Waals surface area contributed by atoms with E-state index in [0.29, 0.717) is 38.6 Å². The number of nitrogens with one attached hydrogen (secondary N) is 1. The first-order chi connectivity index (χ1) is 15.4. The fourth-order valence-corrected chi connectivity index (χ4v) is 3.61. The molecule has 0 spiro atoms. The third-order valence-corrected chi connectivity index (χ3v) is 5.43. The number of carbonyl (C=O) groups is 2. The van der Waals surface area contributed by atoms with Gasteiger partial charge < -0.3 is 14.5 Å². The van der Waals surface area contributed by atoms with Crippen LogP contribution in [0.5, 0.6) is 5.75 Å². The van der Waals surface area contributed by atoms with Crippen LogP contribution in [0.3, 0.4) is 0 Å². The lowest BCUT2D eigenvalue weighted by atomic mass is 10.1. The van der Waals surface area contributed by atoms with Crippen LogP contribution in [0.25, 0.3) is 11.0 Å². The molecular formula is C25H19ClFNO4. The first-order valence-electron chi connectivity index (χ1n) is 9.82. The number of hydrogen-bond acceptors (Lipinski definition) is 5. The second-order valence-corrected chi connectivity index (χ2v) is 7.63. The molecule has 0 saturated carbocycles. The smallest absolute Gasteiger partial charge is 0.230 e. The normalized spacial score (nSPS) is 10.9. The lowest BCUT2D eigenvalue weighted by Crippen LogP contribution is -2.16. The molecule has 1 heterocycles. The van der Waals surface area contributed by atoms with E-state index in [0.717, 1.165) is 0 Å². The van der Waals surface area contributed by atoms with Crippen molar-refractivity contribution in [3.05, 3.63) is 94.0 Å². The van der Waals surface area contributed by atoms with Crippen LogP contribution in [0.4, 0.5) is 10.1 Å². The molecule has 0 bridgehead atoms. The Morgan fingerprint density at radius 1 is 1.06 bits per heavy atom. The predicted molar refractivity (Wildman–Crippen MR) is 122 cm³/mol. The third-order valence-electron chi connectivity index (χ3n) is 5.14. The van der Waals surface area contributed by atoms with E-state index in [1.165, 1.54) is 19.2 Å². The van der Waals surface area contributed by atoms with Gasteiger partial charge in [-0.15, -0.1) is 0 Å². The third kappa shape index (κ3) is 4.09. The van der Waals surface area contributed by atoms with Gasteiger partial charge in [-0.2, -0.15) is 0 Å². The van der Waals surface area contributed by atoms with Gasteiger partial charge in [0.25, 0.3) is 0 Å². The quantitative estimate of drug-likeness (QED) is 0.345. The number of hydrogen-bond donors (Lipinski definition) is 1. The van der Waals surface area contributed by atoms with E-state index in [1.807, 2.05) is 0 Å². The molecule has 0 saturated heterocycles. The Kier molecular flexibility index (Phi) is 5.97. The van der Waals surface area contributed by atoms with Gasteiger partial charge in [-0.3, -0.25) is 9.59 Å². The molecule has 32 heavy (non-hydrogen) atoms. The van der Waals surface area contributed by atoms with Gasteiger partial charge in [-0.05, 0) is 48.9 Å². The molecule has 0 aliphatic heterocycles. The number of fused-ring (bicyclic) bond motifs is 1. The van der Waals surface area contributed by atoms with E-state index in [1.54, 1.807) is 55.5 Å². The minimum Gasteiger partial charge on any atom is -0.495 e. The largest absolute Gasteiger partial charge is 0.495 e. The number of anilines is 1. The molecule has 0 atom stereocenters. The molecule has 0 amide bonds. The lowest BCUT2D eigenvalue weighted by Gasteiger charge is -2.08. The molecule has 162 valence electrons. The van der Waals surface area contributed by atoms with E-state index in [4.69, 9.17) is 20.8 Å². The zero-order valence-corrected chi connectivity index (χ0v) is 18.1. The van der Waals surface area contributed by atoms with Crippen molar-refractivity contribution < 1.29 is 23.1 Å². The molecule has 4 rings (SSSR count). The highest BCUT2D eigenvalue weighted by molar-refractivity contribution is 6.32. The molecule has 1 aromatic heterocycles. The molecule has 0 aliphatic rings. The average Bonchev–Trinajstić information content (AvgIpc) is 3.17. The zero-order valence-electron chi connectivity index (χ0n) is 17.4. The van der Waals surface area contributed by atoms with Crippen LogP contribution in [-0.4, -0.2) is 25.2 Å². The van der Waals surface area contributed by atoms with Crippen LogP contribution in [0, 0.1) is 12.7 Å². The Hall–Kier alpha value is -3.64. The van der Waals surface area contributed by atoms with Crippen LogP contribution >= 0.6 is 11.6 Å². The van der Waals surface area contributed by atoms with Crippen LogP contribution < -0.4 is 10.1 Å². The molecular weight excluding hydrogens is 433 g/mol. The van der Waals surface area contributed by atoms with E-state index in [-0.39, 0.29) is 23.7 Å². The number of methoxy groups -OCH3 is 1. The van der Waals surface area contributed by atoms with Gasteiger partial charge in [0.1, 0.15) is 17.1 Å². The van der Waals surface area contributed by atoms with Gasteiger partial charge in [-0.25, -0.2) is 4.39 Å². The first-order valence-corrected chi connectivity index (χ1v) is 10.2. The second kappa shape index (κ2) is 8.85. The number of aryl methyl sites for hydroxylation is 1. The van der Waals surface area contributed by atoms with Gasteiger partial charge in [0.05, 0.1) is 24.4 Å². The second-order valence-electron chi connectivity index (χ2n) is 7.22. The van der Waals surface area contributed by atoms with Crippen molar-refractivity contribution in [1.29, 1.82) is 0 Å². The summed E-state index contributed by atoms with van der Waals surface area (Å²) in [4.78, 5) is 25.8. The van der Waals surface area contributed by atoms with E-state index in [9.17, 15) is 14.0 Å². The van der Waals surface area contributed by atoms with Crippen LogP contribution in [0.2, 0.25) is 5.02 Å². The van der Waals surface area contributed by atoms with Crippen LogP contribution in [-0.2, 0) is 0 Å². The zero-order chi connectivity index (χ0) is 22.8. The number of halogens is 2.